The second-order valence-electron chi connectivity index (χ2n) is 1.85. The van der Waals surface area contributed by atoms with Crippen LogP contribution in [-0.4, -0.2) is 20.2 Å². The molecule has 0 amide bonds. The highest BCUT2D eigenvalue weighted by molar-refractivity contribution is 7.59. The molecular weight excluding hydrogens is 179 g/mol. The lowest BCUT2D eigenvalue weighted by molar-refractivity contribution is 0.284. The van der Waals surface area contributed by atoms with Crippen molar-refractivity contribution in [1.82, 2.24) is 0 Å². The first-order valence-corrected chi connectivity index (χ1v) is 4.78. The fourth-order valence-corrected chi connectivity index (χ4v) is 1.60. The average molecular weight is 190 g/mol. The molecule has 0 unspecified atom stereocenters. The van der Waals surface area contributed by atoms with Crippen molar-refractivity contribution in [2.45, 2.75) is 6.92 Å². The van der Waals surface area contributed by atoms with Crippen LogP contribution in [0.1, 0.15) is 6.92 Å². The summed E-state index contributed by atoms with van der Waals surface area (Å²) in [6.07, 6.45) is 2.91. The van der Waals surface area contributed by atoms with E-state index in [1.54, 1.807) is 13.0 Å². The van der Waals surface area contributed by atoms with Gasteiger partial charge < -0.3 is 9.05 Å². The van der Waals surface area contributed by atoms with Crippen LogP contribution in [0.25, 0.3) is 0 Å². The van der Waals surface area contributed by atoms with Gasteiger partial charge in [-0.2, -0.15) is 0 Å². The van der Waals surface area contributed by atoms with Crippen molar-refractivity contribution in [3.8, 4) is 0 Å². The topological polar surface area (TPSA) is 52.6 Å². The van der Waals surface area contributed by atoms with Crippen molar-refractivity contribution in [2.24, 2.45) is 0 Å². The van der Waals surface area contributed by atoms with E-state index in [2.05, 4.69) is 9.05 Å². The summed E-state index contributed by atoms with van der Waals surface area (Å²) in [7, 11) is -0.975. The molecule has 0 fully saturated rings. The molecule has 0 aromatic heterocycles. The Labute approximate surface area is 71.4 Å². The van der Waals surface area contributed by atoms with Crippen LogP contribution in [0, 0.1) is 0 Å². The van der Waals surface area contributed by atoms with E-state index >= 15 is 0 Å². The molecule has 0 atom stereocenters. The molecule has 5 heteroatoms. The van der Waals surface area contributed by atoms with Gasteiger partial charge in [0.05, 0.1) is 0 Å². The molecule has 0 aliphatic carbocycles. The lowest BCUT2D eigenvalue weighted by Gasteiger charge is -2.10. The Balaban J connectivity index is 4.96. The van der Waals surface area contributed by atoms with E-state index < -0.39 is 7.60 Å². The molecule has 0 aromatic carbocycles. The zero-order valence-corrected chi connectivity index (χ0v) is 8.13. The summed E-state index contributed by atoms with van der Waals surface area (Å²) in [6, 6.07) is 0. The highest BCUT2D eigenvalue weighted by atomic mass is 31.2. The summed E-state index contributed by atoms with van der Waals surface area (Å²) in [5, 5.41) is -0.102. The van der Waals surface area contributed by atoms with E-state index in [0.717, 1.165) is 0 Å². The summed E-state index contributed by atoms with van der Waals surface area (Å²) < 4.78 is 20.6. The third-order valence-electron chi connectivity index (χ3n) is 1.20. The first-order chi connectivity index (χ1) is 5.64. The second-order valence-corrected chi connectivity index (χ2v) is 4.06. The van der Waals surface area contributed by atoms with Crippen molar-refractivity contribution in [3.05, 3.63) is 17.5 Å². The van der Waals surface area contributed by atoms with E-state index in [1.165, 1.54) is 26.2 Å². The molecule has 0 radical (unpaired) electrons. The molecule has 0 aliphatic rings. The fraction of sp³-hybridized carbons (Fsp3) is 0.429. The molecule has 4 nitrogen and oxygen atoms in total. The lowest BCUT2D eigenvalue weighted by Crippen LogP contribution is -1.91. The quantitative estimate of drug-likeness (QED) is 0.385. The van der Waals surface area contributed by atoms with Gasteiger partial charge in [0.15, 0.2) is 0 Å². The Morgan fingerprint density at radius 1 is 1.42 bits per heavy atom. The Bertz CT molecular complexity index is 255. The summed E-state index contributed by atoms with van der Waals surface area (Å²) >= 11 is 0. The summed E-state index contributed by atoms with van der Waals surface area (Å²) in [6.45, 7) is 1.69. The van der Waals surface area contributed by atoms with E-state index in [0.29, 0.717) is 0 Å². The zero-order chi connectivity index (χ0) is 9.61. The molecular formula is C7H11O4P. The largest absolute Gasteiger partial charge is 0.371 e. The van der Waals surface area contributed by atoms with Crippen molar-refractivity contribution in [3.63, 3.8) is 0 Å². The van der Waals surface area contributed by atoms with Gasteiger partial charge in [-0.15, -0.1) is 0 Å². The third kappa shape index (κ3) is 2.43. The van der Waals surface area contributed by atoms with E-state index in [4.69, 9.17) is 0 Å². The van der Waals surface area contributed by atoms with Crippen LogP contribution in [0.15, 0.2) is 17.5 Å². The van der Waals surface area contributed by atoms with Crippen molar-refractivity contribution in [2.75, 3.05) is 14.2 Å². The smallest absolute Gasteiger partial charge is 0.308 e. The minimum Gasteiger partial charge on any atom is -0.308 e. The lowest BCUT2D eigenvalue weighted by atomic mass is 10.5. The Kier molecular flexibility index (Phi) is 4.79. The molecule has 12 heavy (non-hydrogen) atoms. The molecule has 0 aromatic rings. The maximum absolute atomic E-state index is 11.5. The highest BCUT2D eigenvalue weighted by Gasteiger charge is 2.26. The van der Waals surface area contributed by atoms with E-state index in [-0.39, 0.29) is 5.31 Å². The van der Waals surface area contributed by atoms with Crippen LogP contribution in [0.5, 0.6) is 0 Å². The average Bonchev–Trinajstić information content (AvgIpc) is 2.13. The van der Waals surface area contributed by atoms with Crippen LogP contribution >= 0.6 is 7.60 Å². The Morgan fingerprint density at radius 2 is 1.92 bits per heavy atom. The van der Waals surface area contributed by atoms with Gasteiger partial charge in [0.25, 0.3) is 0 Å². The van der Waals surface area contributed by atoms with Crippen molar-refractivity contribution >= 4 is 13.5 Å². The maximum Gasteiger partial charge on any atom is 0.371 e. The SMILES string of the molecule is C/C=C/C(=C=O)P(=O)(OC)OC. The highest BCUT2D eigenvalue weighted by Crippen LogP contribution is 2.53. The third-order valence-corrected chi connectivity index (χ3v) is 3.00. The summed E-state index contributed by atoms with van der Waals surface area (Å²) in [5.41, 5.74) is 0. The molecule has 0 bridgehead atoms. The first kappa shape index (κ1) is 11.3. The van der Waals surface area contributed by atoms with Crippen LogP contribution in [0.2, 0.25) is 0 Å². The van der Waals surface area contributed by atoms with Gasteiger partial charge in [0, 0.05) is 14.2 Å². The first-order valence-electron chi connectivity index (χ1n) is 3.24. The van der Waals surface area contributed by atoms with Gasteiger partial charge in [0.1, 0.15) is 11.3 Å². The van der Waals surface area contributed by atoms with Gasteiger partial charge in [-0.1, -0.05) is 6.08 Å². The predicted octanol–water partition coefficient (Wildman–Crippen LogP) is 1.76. The van der Waals surface area contributed by atoms with Gasteiger partial charge in [-0.3, -0.25) is 4.57 Å². The maximum atomic E-state index is 11.5. The molecule has 68 valence electrons. The number of carbonyl (C=O) groups excluding carboxylic acids is 1. The van der Waals surface area contributed by atoms with E-state index in [9.17, 15) is 9.36 Å². The molecule has 0 spiro atoms. The Hall–Kier alpha value is -0.660. The zero-order valence-electron chi connectivity index (χ0n) is 7.23. The van der Waals surface area contributed by atoms with Crippen molar-refractivity contribution < 1.29 is 18.4 Å². The monoisotopic (exact) mass is 190 g/mol. The van der Waals surface area contributed by atoms with Gasteiger partial charge in [-0.25, -0.2) is 4.79 Å². The standard InChI is InChI=1S/C7H11O4P/c1-4-5-7(6-8)12(9,10-2)11-3/h4-5H,1-3H3/b5-4+. The van der Waals surface area contributed by atoms with E-state index in [1.807, 2.05) is 0 Å². The van der Waals surface area contributed by atoms with Gasteiger partial charge in [0.2, 0.25) is 0 Å². The van der Waals surface area contributed by atoms with Crippen LogP contribution < -0.4 is 0 Å². The normalized spacial score (nSPS) is 11.6. The van der Waals surface area contributed by atoms with Crippen LogP contribution in [0.4, 0.5) is 0 Å². The molecule has 0 saturated heterocycles. The number of hydrogen-bond donors (Lipinski definition) is 0. The minimum atomic E-state index is -3.40. The number of rotatable bonds is 4. The van der Waals surface area contributed by atoms with Crippen LogP contribution in [-0.2, 0) is 18.4 Å². The number of allylic oxidation sites excluding steroid dienone is 3. The Morgan fingerprint density at radius 3 is 2.17 bits per heavy atom. The molecule has 0 saturated carbocycles. The van der Waals surface area contributed by atoms with Crippen molar-refractivity contribution in [1.29, 1.82) is 0 Å². The second kappa shape index (κ2) is 5.07. The van der Waals surface area contributed by atoms with Gasteiger partial charge >= 0.3 is 7.60 Å². The fourth-order valence-electron chi connectivity index (χ4n) is 0.610. The molecule has 0 N–H and O–H groups in total. The summed E-state index contributed by atoms with van der Waals surface area (Å²) in [4.78, 5) is 10.3. The summed E-state index contributed by atoms with van der Waals surface area (Å²) in [5.74, 6) is 1.51. The molecule has 0 heterocycles. The van der Waals surface area contributed by atoms with Crippen LogP contribution in [0.3, 0.4) is 0 Å². The minimum absolute atomic E-state index is 0.102. The molecule has 0 aliphatic heterocycles. The van der Waals surface area contributed by atoms with Gasteiger partial charge in [-0.05, 0) is 13.0 Å². The predicted molar refractivity (Wildman–Crippen MR) is 45.6 cm³/mol. The molecule has 0 rings (SSSR count). The number of hydrogen-bond acceptors (Lipinski definition) is 4.